The number of thioether (sulfide) groups is 1. The summed E-state index contributed by atoms with van der Waals surface area (Å²) in [5, 5.41) is 34.2. The number of rotatable bonds is 8. The third-order valence-electron chi connectivity index (χ3n) is 7.35. The molecule has 2 fully saturated rings. The van der Waals surface area contributed by atoms with E-state index in [2.05, 4.69) is 10.1 Å². The van der Waals surface area contributed by atoms with Gasteiger partial charge < -0.3 is 30.1 Å². The van der Waals surface area contributed by atoms with Gasteiger partial charge in [0.25, 0.3) is 17.5 Å². The molecule has 16 heteroatoms. The second-order valence-corrected chi connectivity index (χ2v) is 11.2. The molecule has 4 heterocycles. The number of non-ortho nitro benzene ring substituents is 1. The van der Waals surface area contributed by atoms with Crippen LogP contribution in [0, 0.1) is 22.0 Å². The number of carboxylic acids is 1. The average Bonchev–Trinajstić information content (AvgIpc) is 3.58. The number of carbonyl (C=O) groups is 3. The Hall–Kier alpha value is -4.18. The van der Waals surface area contributed by atoms with Crippen LogP contribution in [-0.4, -0.2) is 77.0 Å². The van der Waals surface area contributed by atoms with Crippen molar-refractivity contribution in [2.45, 2.75) is 50.3 Å². The molecule has 2 saturated heterocycles. The van der Waals surface area contributed by atoms with Crippen LogP contribution in [0.1, 0.15) is 37.8 Å². The molecule has 3 aliphatic rings. The topological polar surface area (TPSA) is 215 Å². The number of ether oxygens (including phenoxy) is 1. The number of aliphatic hydroxyl groups is 1. The van der Waals surface area contributed by atoms with Gasteiger partial charge in [0.15, 0.2) is 0 Å². The van der Waals surface area contributed by atoms with E-state index in [9.17, 15) is 34.7 Å². The Morgan fingerprint density at radius 1 is 1.35 bits per heavy atom. The van der Waals surface area contributed by atoms with Gasteiger partial charge in [-0.2, -0.15) is 4.98 Å². The zero-order chi connectivity index (χ0) is 28.9. The fourth-order valence-corrected chi connectivity index (χ4v) is 7.03. The normalized spacial score (nSPS) is 26.5. The summed E-state index contributed by atoms with van der Waals surface area (Å²) in [6.07, 6.45) is -1.32. The highest BCUT2D eigenvalue weighted by atomic mass is 32.2. The smallest absolute Gasteiger partial charge is 0.410 e. The Balaban J connectivity index is 1.34. The van der Waals surface area contributed by atoms with E-state index in [1.54, 1.807) is 0 Å². The van der Waals surface area contributed by atoms with Crippen LogP contribution < -0.4 is 5.73 Å². The molecule has 3 aliphatic heterocycles. The van der Waals surface area contributed by atoms with Gasteiger partial charge in [0.1, 0.15) is 18.3 Å². The SMILES string of the molecule is C[C@@H](O)[C@H]1C(=O)N2C(C(=O)O)=C(S[C@H]3C[C@@H](c4nc(N)no4)N(C(=O)OCc4ccc([N+](=O)[O-])cc4)C3)[C@H](C)[C@H]12. The number of hydrogen-bond donors (Lipinski definition) is 3. The van der Waals surface area contributed by atoms with Crippen molar-refractivity contribution in [1.82, 2.24) is 19.9 Å². The minimum absolute atomic E-state index is 0.0907. The molecule has 2 aromatic rings. The maximum atomic E-state index is 13.2. The summed E-state index contributed by atoms with van der Waals surface area (Å²) >= 11 is 1.26. The van der Waals surface area contributed by atoms with Gasteiger partial charge in [0.2, 0.25) is 5.91 Å². The lowest BCUT2D eigenvalue weighted by Crippen LogP contribution is -2.63. The number of aromatic nitrogens is 2. The number of amides is 2. The van der Waals surface area contributed by atoms with Crippen molar-refractivity contribution in [3.05, 3.63) is 56.4 Å². The van der Waals surface area contributed by atoms with Crippen LogP contribution in [0.25, 0.3) is 0 Å². The predicted octanol–water partition coefficient (Wildman–Crippen LogP) is 1.90. The Morgan fingerprint density at radius 2 is 2.05 bits per heavy atom. The number of nitro benzene ring substituents is 1. The molecule has 5 rings (SSSR count). The highest BCUT2D eigenvalue weighted by Gasteiger charge is 2.60. The molecule has 0 aliphatic carbocycles. The maximum Gasteiger partial charge on any atom is 0.410 e. The monoisotopic (exact) mass is 574 g/mol. The van der Waals surface area contributed by atoms with E-state index >= 15 is 0 Å². The third kappa shape index (κ3) is 4.72. The Labute approximate surface area is 231 Å². The number of hydrogen-bond acceptors (Lipinski definition) is 12. The lowest BCUT2D eigenvalue weighted by Gasteiger charge is -2.46. The summed E-state index contributed by atoms with van der Waals surface area (Å²) in [5.41, 5.74) is 5.97. The molecule has 0 bridgehead atoms. The number of aliphatic carboxylic acids is 1. The maximum absolute atomic E-state index is 13.2. The number of nitrogen functional groups attached to an aromatic ring is 1. The van der Waals surface area contributed by atoms with E-state index in [0.717, 1.165) is 0 Å². The van der Waals surface area contributed by atoms with Crippen molar-refractivity contribution >= 4 is 41.4 Å². The van der Waals surface area contributed by atoms with Crippen molar-refractivity contribution in [2.75, 3.05) is 12.3 Å². The molecule has 212 valence electrons. The largest absolute Gasteiger partial charge is 0.477 e. The zero-order valence-corrected chi connectivity index (χ0v) is 22.2. The van der Waals surface area contributed by atoms with Gasteiger partial charge in [-0.1, -0.05) is 6.92 Å². The first-order valence-corrected chi connectivity index (χ1v) is 13.3. The predicted molar refractivity (Wildman–Crippen MR) is 137 cm³/mol. The fraction of sp³-hybridized carbons (Fsp3) is 0.458. The van der Waals surface area contributed by atoms with Crippen molar-refractivity contribution in [3.8, 4) is 0 Å². The molecule has 0 spiro atoms. The number of fused-ring (bicyclic) bond motifs is 1. The van der Waals surface area contributed by atoms with Crippen molar-refractivity contribution in [3.63, 3.8) is 0 Å². The van der Waals surface area contributed by atoms with Gasteiger partial charge in [-0.05, 0) is 36.2 Å². The minimum atomic E-state index is -1.24. The van der Waals surface area contributed by atoms with Gasteiger partial charge in [-0.25, -0.2) is 9.59 Å². The van der Waals surface area contributed by atoms with Gasteiger partial charge in [-0.15, -0.1) is 11.8 Å². The number of nitrogens with zero attached hydrogens (tertiary/aromatic N) is 5. The number of benzene rings is 1. The minimum Gasteiger partial charge on any atom is -0.477 e. The highest BCUT2D eigenvalue weighted by Crippen LogP contribution is 2.53. The standard InChI is InChI=1S/C24H26N6O9S/c1-10-17-16(11(2)31)21(32)29(17)18(22(33)34)19(10)40-14-7-15(20-26-23(25)27-39-20)28(8-14)24(35)38-9-12-3-5-13(6-4-12)30(36)37/h3-6,10-11,14-17,31H,7-9H2,1-2H3,(H2,25,27)(H,33,34)/t10-,11-,14+,15+,16-,17-/m1/s1. The van der Waals surface area contributed by atoms with Crippen LogP contribution in [0.4, 0.5) is 16.4 Å². The fourth-order valence-electron chi connectivity index (χ4n) is 5.50. The zero-order valence-electron chi connectivity index (χ0n) is 21.4. The first-order chi connectivity index (χ1) is 19.0. The second-order valence-electron chi connectivity index (χ2n) is 9.88. The molecule has 1 aromatic heterocycles. The van der Waals surface area contributed by atoms with Crippen LogP contribution in [0.2, 0.25) is 0 Å². The molecular weight excluding hydrogens is 548 g/mol. The molecule has 0 radical (unpaired) electrons. The van der Waals surface area contributed by atoms with E-state index in [0.29, 0.717) is 16.9 Å². The first kappa shape index (κ1) is 27.4. The highest BCUT2D eigenvalue weighted by molar-refractivity contribution is 8.03. The number of likely N-dealkylation sites (tertiary alicyclic amines) is 1. The summed E-state index contributed by atoms with van der Waals surface area (Å²) in [7, 11) is 0. The van der Waals surface area contributed by atoms with E-state index in [1.807, 2.05) is 6.92 Å². The molecule has 4 N–H and O–H groups in total. The number of β-lactam (4-membered cyclic amide) rings is 1. The van der Waals surface area contributed by atoms with E-state index in [-0.39, 0.29) is 47.5 Å². The summed E-state index contributed by atoms with van der Waals surface area (Å²) in [6, 6.07) is 4.41. The number of nitro groups is 1. The number of carboxylic acid groups (broad SMARTS) is 1. The Kier molecular flexibility index (Phi) is 7.14. The number of aliphatic hydroxyl groups excluding tert-OH is 1. The van der Waals surface area contributed by atoms with Crippen LogP contribution >= 0.6 is 11.8 Å². The van der Waals surface area contributed by atoms with Crippen LogP contribution in [0.3, 0.4) is 0 Å². The Bertz CT molecular complexity index is 1390. The number of nitrogens with two attached hydrogens (primary N) is 1. The van der Waals surface area contributed by atoms with E-state index in [4.69, 9.17) is 15.0 Å². The van der Waals surface area contributed by atoms with E-state index in [1.165, 1.54) is 52.8 Å². The number of anilines is 1. The molecule has 2 amide bonds. The van der Waals surface area contributed by atoms with Crippen LogP contribution in [-0.2, 0) is 20.9 Å². The molecule has 40 heavy (non-hydrogen) atoms. The summed E-state index contributed by atoms with van der Waals surface area (Å²) < 4.78 is 10.7. The summed E-state index contributed by atoms with van der Waals surface area (Å²) in [5.74, 6) is -2.72. The molecule has 0 saturated carbocycles. The molecular formula is C24H26N6O9S. The molecule has 1 aromatic carbocycles. The third-order valence-corrected chi connectivity index (χ3v) is 8.85. The lowest BCUT2D eigenvalue weighted by molar-refractivity contribution is -0.384. The summed E-state index contributed by atoms with van der Waals surface area (Å²) in [4.78, 5) is 55.5. The molecule has 0 unspecified atom stereocenters. The second kappa shape index (κ2) is 10.4. The van der Waals surface area contributed by atoms with E-state index < -0.39 is 47.0 Å². The van der Waals surface area contributed by atoms with Crippen molar-refractivity contribution in [2.24, 2.45) is 11.8 Å². The molecule has 15 nitrogen and oxygen atoms in total. The summed E-state index contributed by atoms with van der Waals surface area (Å²) in [6.45, 7) is 3.32. The Morgan fingerprint density at radius 3 is 2.62 bits per heavy atom. The van der Waals surface area contributed by atoms with Crippen molar-refractivity contribution < 1.29 is 38.8 Å². The first-order valence-electron chi connectivity index (χ1n) is 12.4. The lowest BCUT2D eigenvalue weighted by atomic mass is 9.79. The van der Waals surface area contributed by atoms with Gasteiger partial charge in [-0.3, -0.25) is 19.8 Å². The van der Waals surface area contributed by atoms with Gasteiger partial charge >= 0.3 is 12.1 Å². The van der Waals surface area contributed by atoms with Crippen LogP contribution in [0.5, 0.6) is 0 Å². The van der Waals surface area contributed by atoms with Gasteiger partial charge in [0, 0.05) is 34.8 Å². The number of carbonyl (C=O) groups excluding carboxylic acids is 2. The average molecular weight is 575 g/mol. The van der Waals surface area contributed by atoms with Crippen LogP contribution in [0.15, 0.2) is 39.4 Å². The quantitative estimate of drug-likeness (QED) is 0.233. The molecule has 6 atom stereocenters. The van der Waals surface area contributed by atoms with Crippen molar-refractivity contribution in [1.29, 1.82) is 0 Å². The van der Waals surface area contributed by atoms with Gasteiger partial charge in [0.05, 0.1) is 23.0 Å².